The Bertz CT molecular complexity index is 1230. The molecule has 2 aromatic rings. The number of amides is 2. The molecule has 2 aliphatic heterocycles. The summed E-state index contributed by atoms with van der Waals surface area (Å²) in [4.78, 5) is 32.4. The highest BCUT2D eigenvalue weighted by atomic mass is 35.5. The van der Waals surface area contributed by atoms with E-state index in [4.69, 9.17) is 11.6 Å². The molecule has 0 radical (unpaired) electrons. The lowest BCUT2D eigenvalue weighted by Crippen LogP contribution is -2.61. The first-order valence-corrected chi connectivity index (χ1v) is 18.5. The van der Waals surface area contributed by atoms with Crippen molar-refractivity contribution in [1.82, 2.24) is 25.2 Å². The first kappa shape index (κ1) is 35.7. The Morgan fingerprint density at radius 1 is 1.00 bits per heavy atom. The van der Waals surface area contributed by atoms with Gasteiger partial charge in [0.2, 0.25) is 11.8 Å². The molecule has 2 amide bonds. The predicted molar refractivity (Wildman–Crippen MR) is 189 cm³/mol. The van der Waals surface area contributed by atoms with Crippen molar-refractivity contribution >= 4 is 35.4 Å². The third-order valence-electron chi connectivity index (χ3n) is 9.66. The lowest BCUT2D eigenvalue weighted by Gasteiger charge is -2.44. The van der Waals surface area contributed by atoms with E-state index in [1.807, 2.05) is 55.1 Å². The Balaban J connectivity index is 0.00000226. The van der Waals surface area contributed by atoms with Gasteiger partial charge in [-0.3, -0.25) is 24.5 Å². The number of benzene rings is 2. The third-order valence-corrected chi connectivity index (χ3v) is 10.4. The number of nitrogens with zero attached hydrogens (tertiary/aromatic N) is 2. The second kappa shape index (κ2) is 17.2. The number of carbonyl (C=O) groups is 2. The van der Waals surface area contributed by atoms with Crippen molar-refractivity contribution in [3.05, 3.63) is 70.2 Å². The molecule has 1 saturated heterocycles. The number of hydrogen-bond donors (Lipinski definition) is 3. The average Bonchev–Trinajstić information content (AvgIpc) is 3.06. The van der Waals surface area contributed by atoms with Gasteiger partial charge in [-0.1, -0.05) is 93.1 Å². The van der Waals surface area contributed by atoms with Crippen LogP contribution in [0.15, 0.2) is 48.5 Å². The Labute approximate surface area is 280 Å². The van der Waals surface area contributed by atoms with Crippen molar-refractivity contribution in [3.63, 3.8) is 0 Å². The molecule has 248 valence electrons. The summed E-state index contributed by atoms with van der Waals surface area (Å²) in [5, 5.41) is 7.37. The van der Waals surface area contributed by atoms with Crippen LogP contribution in [0.3, 0.4) is 0 Å². The maximum absolute atomic E-state index is 14.1. The van der Waals surface area contributed by atoms with Crippen LogP contribution in [0.25, 0.3) is 0 Å². The van der Waals surface area contributed by atoms with Gasteiger partial charge in [0.15, 0.2) is 0 Å². The Kier molecular flexibility index (Phi) is 13.6. The van der Waals surface area contributed by atoms with Crippen LogP contribution in [0, 0.1) is 5.92 Å². The topological polar surface area (TPSA) is 76.7 Å². The van der Waals surface area contributed by atoms with Crippen LogP contribution in [-0.4, -0.2) is 78.7 Å². The van der Waals surface area contributed by atoms with E-state index < -0.39 is 12.1 Å². The lowest BCUT2D eigenvalue weighted by atomic mass is 9.82. The largest absolute Gasteiger partial charge is 0.343 e. The van der Waals surface area contributed by atoms with Crippen molar-refractivity contribution in [2.45, 2.75) is 96.3 Å². The van der Waals surface area contributed by atoms with E-state index in [1.54, 1.807) is 11.9 Å². The molecule has 9 heteroatoms. The van der Waals surface area contributed by atoms with Crippen molar-refractivity contribution in [2.75, 3.05) is 39.0 Å². The van der Waals surface area contributed by atoms with Crippen molar-refractivity contribution in [2.24, 2.45) is 5.92 Å². The molecule has 0 aromatic heterocycles. The molecule has 5 rings (SSSR count). The highest BCUT2D eigenvalue weighted by molar-refractivity contribution is 7.96. The summed E-state index contributed by atoms with van der Waals surface area (Å²) < 4.78 is 3.52. The minimum Gasteiger partial charge on any atom is -0.343 e. The van der Waals surface area contributed by atoms with E-state index in [9.17, 15) is 9.59 Å². The van der Waals surface area contributed by atoms with E-state index >= 15 is 0 Å². The smallest absolute Gasteiger partial charge is 0.245 e. The molecule has 2 aromatic carbocycles. The molecule has 3 N–H and O–H groups in total. The summed E-state index contributed by atoms with van der Waals surface area (Å²) in [6.07, 6.45) is 9.70. The molecule has 7 nitrogen and oxygen atoms in total. The zero-order valence-electron chi connectivity index (χ0n) is 27.9. The summed E-state index contributed by atoms with van der Waals surface area (Å²) in [6, 6.07) is 15.3. The number of halogens is 1. The molecule has 0 spiro atoms. The van der Waals surface area contributed by atoms with Gasteiger partial charge in [-0.15, -0.1) is 0 Å². The van der Waals surface area contributed by atoms with Crippen LogP contribution in [0.4, 0.5) is 0 Å². The molecular weight excluding hydrogens is 602 g/mol. The highest BCUT2D eigenvalue weighted by Crippen LogP contribution is 2.31. The third kappa shape index (κ3) is 9.48. The number of rotatable bonds is 10. The van der Waals surface area contributed by atoms with E-state index in [-0.39, 0.29) is 17.4 Å². The highest BCUT2D eigenvalue weighted by Gasteiger charge is 2.38. The molecule has 0 bridgehead atoms. The maximum Gasteiger partial charge on any atom is 0.245 e. The number of piperazine rings is 1. The quantitative estimate of drug-likeness (QED) is 0.281. The standard InChI is InChI=1S/C34H48ClN5O2S.C2H6/c1-34(2)28-12-8-7-11-26(28)22-29(38-34)32(41)37-30(21-24-13-15-27(35)16-14-24)33(42)40-19-17-39(18-20-40)31(23-36-43-3)25-9-5-4-6-10-25;1-2/h7-8,11-16,25,29-31,36,38H,4-6,9-10,17-23H2,1-3H3,(H,37,41);1-2H3. The number of carbonyl (C=O) groups excluding carboxylic acids is 2. The number of fused-ring (bicyclic) bond motifs is 1. The SMILES string of the molecule is CC.CSNCC(C1CCCCC1)N1CCN(C(=O)C(Cc2ccc(Cl)cc2)NC(=O)C2Cc3ccccc3C(C)(C)N2)CC1. The Morgan fingerprint density at radius 2 is 1.67 bits per heavy atom. The zero-order valence-corrected chi connectivity index (χ0v) is 29.5. The molecule has 45 heavy (non-hydrogen) atoms. The van der Waals surface area contributed by atoms with Crippen LogP contribution in [0.1, 0.15) is 76.5 Å². The summed E-state index contributed by atoms with van der Waals surface area (Å²) >= 11 is 7.84. The minimum atomic E-state index is -0.644. The minimum absolute atomic E-state index is 0.00475. The van der Waals surface area contributed by atoms with E-state index in [0.29, 0.717) is 42.9 Å². The van der Waals surface area contributed by atoms with Crippen LogP contribution >= 0.6 is 23.5 Å². The normalized spacial score (nSPS) is 21.6. The van der Waals surface area contributed by atoms with Gasteiger partial charge in [-0.25, -0.2) is 0 Å². The first-order valence-electron chi connectivity index (χ1n) is 16.9. The molecule has 1 saturated carbocycles. The molecule has 2 heterocycles. The molecular formula is C36H54ClN5O2S. The van der Waals surface area contributed by atoms with Gasteiger partial charge in [0.1, 0.15) is 6.04 Å². The lowest BCUT2D eigenvalue weighted by molar-refractivity contribution is -0.139. The molecule has 3 atom stereocenters. The zero-order chi connectivity index (χ0) is 32.4. The summed E-state index contributed by atoms with van der Waals surface area (Å²) in [5.41, 5.74) is 3.02. The Morgan fingerprint density at radius 3 is 2.33 bits per heavy atom. The predicted octanol–water partition coefficient (Wildman–Crippen LogP) is 5.80. The monoisotopic (exact) mass is 655 g/mol. The van der Waals surface area contributed by atoms with Crippen LogP contribution in [-0.2, 0) is 28.0 Å². The van der Waals surface area contributed by atoms with Gasteiger partial charge < -0.3 is 10.2 Å². The molecule has 2 fully saturated rings. The first-order chi connectivity index (χ1) is 21.7. The summed E-state index contributed by atoms with van der Waals surface area (Å²) in [5.74, 6) is 0.578. The fourth-order valence-electron chi connectivity index (χ4n) is 7.36. The van der Waals surface area contributed by atoms with Crippen LogP contribution in [0.2, 0.25) is 5.02 Å². The number of hydrogen-bond acceptors (Lipinski definition) is 6. The fraction of sp³-hybridized carbons (Fsp3) is 0.611. The van der Waals surface area contributed by atoms with Crippen LogP contribution in [0.5, 0.6) is 0 Å². The van der Waals surface area contributed by atoms with Gasteiger partial charge >= 0.3 is 0 Å². The van der Waals surface area contributed by atoms with Gasteiger partial charge in [0.25, 0.3) is 0 Å². The molecule has 3 unspecified atom stereocenters. The van der Waals surface area contributed by atoms with E-state index in [1.165, 1.54) is 43.2 Å². The van der Waals surface area contributed by atoms with Crippen molar-refractivity contribution in [1.29, 1.82) is 0 Å². The van der Waals surface area contributed by atoms with Gasteiger partial charge in [0, 0.05) is 55.7 Å². The fourth-order valence-corrected chi connectivity index (χ4v) is 7.82. The van der Waals surface area contributed by atoms with Gasteiger partial charge in [-0.05, 0) is 74.1 Å². The van der Waals surface area contributed by atoms with Crippen molar-refractivity contribution in [3.8, 4) is 0 Å². The molecule has 3 aliphatic rings. The van der Waals surface area contributed by atoms with Crippen LogP contribution < -0.4 is 15.4 Å². The van der Waals surface area contributed by atoms with Gasteiger partial charge in [-0.2, -0.15) is 0 Å². The summed E-state index contributed by atoms with van der Waals surface area (Å²) in [7, 11) is 0. The maximum atomic E-state index is 14.1. The average molecular weight is 656 g/mol. The van der Waals surface area contributed by atoms with Gasteiger partial charge in [0.05, 0.1) is 6.04 Å². The van der Waals surface area contributed by atoms with Crippen molar-refractivity contribution < 1.29 is 9.59 Å². The Hall–Kier alpha value is -2.10. The van der Waals surface area contributed by atoms with E-state index in [0.717, 1.165) is 25.2 Å². The summed E-state index contributed by atoms with van der Waals surface area (Å²) in [6.45, 7) is 12.3. The second-order valence-corrected chi connectivity index (χ2v) is 14.1. The van der Waals surface area contributed by atoms with E-state index in [2.05, 4.69) is 52.5 Å². The number of nitrogens with one attached hydrogen (secondary N) is 3. The molecule has 1 aliphatic carbocycles. The second-order valence-electron chi connectivity index (χ2n) is 13.0.